The molecule has 3 aromatic carbocycles. The summed E-state index contributed by atoms with van der Waals surface area (Å²) in [5.74, 6) is 1.05. The van der Waals surface area contributed by atoms with Crippen LogP contribution in [0.5, 0.6) is 11.5 Å². The second kappa shape index (κ2) is 12.0. The Hall–Kier alpha value is -2.77. The molecule has 0 unspecified atom stereocenters. The van der Waals surface area contributed by atoms with Gasteiger partial charge >= 0.3 is 0 Å². The van der Waals surface area contributed by atoms with Gasteiger partial charge in [-0.05, 0) is 60.9 Å². The monoisotopic (exact) mass is 555 g/mol. The summed E-state index contributed by atoms with van der Waals surface area (Å²) in [6.07, 6.45) is 4.21. The summed E-state index contributed by atoms with van der Waals surface area (Å²) in [6.45, 7) is 6.69. The van der Waals surface area contributed by atoms with Crippen molar-refractivity contribution in [2.24, 2.45) is 0 Å². The number of carbonyl (C=O) groups is 1. The molecule has 184 valence electrons. The highest BCUT2D eigenvalue weighted by molar-refractivity contribution is 8.27. The fourth-order valence-corrected chi connectivity index (χ4v) is 5.29. The maximum Gasteiger partial charge on any atom is 0.270 e. The number of ether oxygens (including phenoxy) is 2. The van der Waals surface area contributed by atoms with E-state index in [0.717, 1.165) is 16.7 Å². The van der Waals surface area contributed by atoms with Crippen LogP contribution in [0.2, 0.25) is 10.0 Å². The molecule has 1 saturated heterocycles. The number of thioether (sulfide) groups is 1. The van der Waals surface area contributed by atoms with E-state index < -0.39 is 0 Å². The molecular weight excluding hydrogens is 533 g/mol. The number of allylic oxidation sites excluding steroid dienone is 1. The van der Waals surface area contributed by atoms with E-state index in [1.807, 2.05) is 61.5 Å². The molecule has 4 nitrogen and oxygen atoms in total. The molecule has 4 rings (SSSR count). The lowest BCUT2D eigenvalue weighted by Crippen LogP contribution is -2.27. The van der Waals surface area contributed by atoms with Gasteiger partial charge in [0.1, 0.15) is 6.61 Å². The minimum atomic E-state index is -0.226. The summed E-state index contributed by atoms with van der Waals surface area (Å²) in [7, 11) is 0. The van der Waals surface area contributed by atoms with Crippen LogP contribution in [0, 0.1) is 0 Å². The normalized spacial score (nSPS) is 14.4. The highest BCUT2D eigenvalue weighted by Gasteiger charge is 2.33. The number of carbonyl (C=O) groups excluding carboxylic acids is 1. The molecule has 0 N–H and O–H groups in total. The predicted octanol–water partition coefficient (Wildman–Crippen LogP) is 8.11. The Morgan fingerprint density at radius 2 is 1.83 bits per heavy atom. The Kier molecular flexibility index (Phi) is 8.75. The van der Waals surface area contributed by atoms with E-state index >= 15 is 0 Å². The molecule has 36 heavy (non-hydrogen) atoms. The number of anilines is 1. The molecule has 0 radical (unpaired) electrons. The smallest absolute Gasteiger partial charge is 0.270 e. The number of rotatable bonds is 9. The van der Waals surface area contributed by atoms with Crippen molar-refractivity contribution in [1.29, 1.82) is 0 Å². The standard InChI is InChI=1S/C28H23Cl2NO3S2/c1-3-8-20-13-19(14-24(33-4-2)26(20)34-17-18-9-6-5-7-10-18)15-25-27(32)31(28(35)36-25)21-11-12-22(29)23(30)16-21/h3,5-7,9-16H,1,4,8,17H2,2H3/b25-15+. The Morgan fingerprint density at radius 1 is 1.06 bits per heavy atom. The van der Waals surface area contributed by atoms with Gasteiger partial charge in [-0.2, -0.15) is 0 Å². The van der Waals surface area contributed by atoms with Gasteiger partial charge in [0.25, 0.3) is 5.91 Å². The van der Waals surface area contributed by atoms with Crippen molar-refractivity contribution in [2.45, 2.75) is 20.0 Å². The van der Waals surface area contributed by atoms with Gasteiger partial charge < -0.3 is 9.47 Å². The summed E-state index contributed by atoms with van der Waals surface area (Å²) >= 11 is 18.9. The van der Waals surface area contributed by atoms with Gasteiger partial charge in [0.2, 0.25) is 0 Å². The van der Waals surface area contributed by atoms with E-state index in [4.69, 9.17) is 44.9 Å². The van der Waals surface area contributed by atoms with Crippen molar-refractivity contribution in [3.8, 4) is 11.5 Å². The predicted molar refractivity (Wildman–Crippen MR) is 154 cm³/mol. The van der Waals surface area contributed by atoms with Crippen LogP contribution in [-0.2, 0) is 17.8 Å². The molecule has 0 bridgehead atoms. The lowest BCUT2D eigenvalue weighted by molar-refractivity contribution is -0.113. The van der Waals surface area contributed by atoms with Gasteiger partial charge in [0.05, 0.1) is 27.2 Å². The van der Waals surface area contributed by atoms with Crippen LogP contribution >= 0.6 is 47.2 Å². The molecule has 1 fully saturated rings. The third-order valence-corrected chi connectivity index (χ3v) is 7.34. The van der Waals surface area contributed by atoms with E-state index in [0.29, 0.717) is 56.1 Å². The Morgan fingerprint density at radius 3 is 2.53 bits per heavy atom. The molecule has 0 spiro atoms. The van der Waals surface area contributed by atoms with E-state index in [1.54, 1.807) is 18.2 Å². The number of amides is 1. The second-order valence-corrected chi connectivity index (χ2v) is 10.3. The van der Waals surface area contributed by atoms with E-state index in [2.05, 4.69) is 6.58 Å². The van der Waals surface area contributed by atoms with Crippen LogP contribution in [0.3, 0.4) is 0 Å². The first-order chi connectivity index (χ1) is 17.4. The first-order valence-corrected chi connectivity index (χ1v) is 13.2. The van der Waals surface area contributed by atoms with Crippen molar-refractivity contribution in [3.05, 3.63) is 105 Å². The van der Waals surface area contributed by atoms with Crippen molar-refractivity contribution in [3.63, 3.8) is 0 Å². The molecule has 1 aliphatic heterocycles. The third kappa shape index (κ3) is 5.95. The second-order valence-electron chi connectivity index (χ2n) is 7.82. The van der Waals surface area contributed by atoms with Crippen LogP contribution in [0.15, 0.2) is 78.2 Å². The summed E-state index contributed by atoms with van der Waals surface area (Å²) < 4.78 is 12.6. The van der Waals surface area contributed by atoms with Gasteiger partial charge in [-0.1, -0.05) is 83.6 Å². The van der Waals surface area contributed by atoms with Crippen LogP contribution in [-0.4, -0.2) is 16.8 Å². The van der Waals surface area contributed by atoms with E-state index in [1.165, 1.54) is 16.7 Å². The fraction of sp³-hybridized carbons (Fsp3) is 0.143. The van der Waals surface area contributed by atoms with Crippen LogP contribution < -0.4 is 14.4 Å². The van der Waals surface area contributed by atoms with Crippen LogP contribution in [0.25, 0.3) is 6.08 Å². The number of benzene rings is 3. The lowest BCUT2D eigenvalue weighted by Gasteiger charge is -2.17. The molecule has 8 heteroatoms. The number of hydrogen-bond donors (Lipinski definition) is 0. The van der Waals surface area contributed by atoms with Gasteiger partial charge in [-0.3, -0.25) is 9.69 Å². The summed E-state index contributed by atoms with van der Waals surface area (Å²) in [4.78, 5) is 15.2. The molecule has 0 saturated carbocycles. The molecule has 1 amide bonds. The third-order valence-electron chi connectivity index (χ3n) is 5.30. The maximum atomic E-state index is 13.3. The zero-order valence-electron chi connectivity index (χ0n) is 19.5. The topological polar surface area (TPSA) is 38.8 Å². The highest BCUT2D eigenvalue weighted by atomic mass is 35.5. The Balaban J connectivity index is 1.67. The van der Waals surface area contributed by atoms with Crippen molar-refractivity contribution < 1.29 is 14.3 Å². The summed E-state index contributed by atoms with van der Waals surface area (Å²) in [5, 5.41) is 0.767. The van der Waals surface area contributed by atoms with Gasteiger partial charge in [0, 0.05) is 5.56 Å². The molecule has 0 atom stereocenters. The number of nitrogens with zero attached hydrogens (tertiary/aromatic N) is 1. The maximum absolute atomic E-state index is 13.3. The first kappa shape index (κ1) is 26.3. The quantitative estimate of drug-likeness (QED) is 0.151. The van der Waals surface area contributed by atoms with Gasteiger partial charge in [0.15, 0.2) is 15.8 Å². The largest absolute Gasteiger partial charge is 0.490 e. The number of thiocarbonyl (C=S) groups is 1. The lowest BCUT2D eigenvalue weighted by atomic mass is 10.0. The fourth-order valence-electron chi connectivity index (χ4n) is 3.70. The Bertz CT molecular complexity index is 1340. The van der Waals surface area contributed by atoms with Crippen LogP contribution in [0.4, 0.5) is 5.69 Å². The SMILES string of the molecule is C=CCc1cc(/C=C2/SC(=S)N(c3ccc(Cl)c(Cl)c3)C2=O)cc(OCC)c1OCc1ccccc1. The summed E-state index contributed by atoms with van der Waals surface area (Å²) in [5.41, 5.74) is 3.34. The minimum Gasteiger partial charge on any atom is -0.490 e. The molecule has 0 aliphatic carbocycles. The van der Waals surface area contributed by atoms with Crippen LogP contribution in [0.1, 0.15) is 23.6 Å². The van der Waals surface area contributed by atoms with Crippen molar-refractivity contribution >= 4 is 69.2 Å². The molecular formula is C28H23Cl2NO3S2. The van der Waals surface area contributed by atoms with Crippen molar-refractivity contribution in [1.82, 2.24) is 0 Å². The summed E-state index contributed by atoms with van der Waals surface area (Å²) in [6, 6.07) is 18.8. The number of halogens is 2. The zero-order chi connectivity index (χ0) is 25.7. The molecule has 1 heterocycles. The van der Waals surface area contributed by atoms with Gasteiger partial charge in [-0.15, -0.1) is 6.58 Å². The zero-order valence-corrected chi connectivity index (χ0v) is 22.6. The molecule has 0 aromatic heterocycles. The average Bonchev–Trinajstić information content (AvgIpc) is 3.14. The van der Waals surface area contributed by atoms with Gasteiger partial charge in [-0.25, -0.2) is 0 Å². The average molecular weight is 557 g/mol. The first-order valence-electron chi connectivity index (χ1n) is 11.2. The Labute approximate surface area is 230 Å². The van der Waals surface area contributed by atoms with E-state index in [-0.39, 0.29) is 5.91 Å². The highest BCUT2D eigenvalue weighted by Crippen LogP contribution is 2.40. The van der Waals surface area contributed by atoms with Crippen molar-refractivity contribution in [2.75, 3.05) is 11.5 Å². The number of hydrogen-bond acceptors (Lipinski definition) is 5. The minimum absolute atomic E-state index is 0.226. The van der Waals surface area contributed by atoms with E-state index in [9.17, 15) is 4.79 Å². The molecule has 3 aromatic rings. The molecule has 1 aliphatic rings.